The number of anilines is 1. The first-order valence-electron chi connectivity index (χ1n) is 7.01. The Hall–Kier alpha value is -2.63. The fourth-order valence-electron chi connectivity index (χ4n) is 2.26. The molecule has 3 rings (SSSR count). The summed E-state index contributed by atoms with van der Waals surface area (Å²) in [6.07, 6.45) is 0. The van der Waals surface area contributed by atoms with Gasteiger partial charge in [0.15, 0.2) is 0 Å². The minimum absolute atomic E-state index is 0.0199. The van der Waals surface area contributed by atoms with Gasteiger partial charge in [0, 0.05) is 27.1 Å². The quantitative estimate of drug-likeness (QED) is 0.775. The number of carbonyl (C=O) groups is 2. The van der Waals surface area contributed by atoms with Gasteiger partial charge in [-0.3, -0.25) is 4.79 Å². The maximum absolute atomic E-state index is 12.3. The highest BCUT2D eigenvalue weighted by Crippen LogP contribution is 2.35. The maximum Gasteiger partial charge on any atom is 0.256 e. The molecule has 0 saturated heterocycles. The molecule has 0 unspecified atom stereocenters. The van der Waals surface area contributed by atoms with Gasteiger partial charge in [-0.2, -0.15) is 0 Å². The lowest BCUT2D eigenvalue weighted by atomic mass is 10.0. The fraction of sp³-hybridized carbons (Fsp3) is 0. The fourth-order valence-corrected chi connectivity index (χ4v) is 3.34. The lowest BCUT2D eigenvalue weighted by Crippen LogP contribution is -2.24. The zero-order valence-electron chi connectivity index (χ0n) is 12.3. The van der Waals surface area contributed by atoms with Crippen molar-refractivity contribution in [3.63, 3.8) is 0 Å². The van der Waals surface area contributed by atoms with E-state index in [9.17, 15) is 14.7 Å². The van der Waals surface area contributed by atoms with Crippen LogP contribution in [0.3, 0.4) is 0 Å². The van der Waals surface area contributed by atoms with Crippen molar-refractivity contribution in [3.8, 4) is 11.1 Å². The topological polar surface area (TPSA) is 69.2 Å². The van der Waals surface area contributed by atoms with Crippen LogP contribution in [0, 0.1) is 0 Å². The Morgan fingerprint density at radius 1 is 1.00 bits per heavy atom. The zero-order chi connectivity index (χ0) is 17.1. The van der Waals surface area contributed by atoms with Crippen LogP contribution < -0.4 is 10.4 Å². The van der Waals surface area contributed by atoms with E-state index < -0.39 is 11.9 Å². The molecular formula is C18H11ClNO3S-. The standard InChI is InChI=1S/C18H12ClNO3S/c19-13-8-6-12(7-9-13)16(21)20-17-15(18(22)23)14(10-24-17)11-4-2-1-3-5-11/h1-10H,(H,20,21)(H,22,23)/p-1. The van der Waals surface area contributed by atoms with Crippen molar-refractivity contribution in [2.24, 2.45) is 0 Å². The van der Waals surface area contributed by atoms with E-state index >= 15 is 0 Å². The number of carboxylic acid groups (broad SMARTS) is 1. The van der Waals surface area contributed by atoms with Gasteiger partial charge in [0.05, 0.1) is 5.97 Å². The average Bonchev–Trinajstić information content (AvgIpc) is 3.00. The number of amides is 1. The Morgan fingerprint density at radius 3 is 2.29 bits per heavy atom. The summed E-state index contributed by atoms with van der Waals surface area (Å²) in [5, 5.41) is 16.7. The van der Waals surface area contributed by atoms with Crippen LogP contribution in [0.2, 0.25) is 5.02 Å². The molecular weight excluding hydrogens is 346 g/mol. The van der Waals surface area contributed by atoms with Crippen LogP contribution in [-0.4, -0.2) is 11.9 Å². The number of rotatable bonds is 4. The highest BCUT2D eigenvalue weighted by atomic mass is 35.5. The lowest BCUT2D eigenvalue weighted by Gasteiger charge is -2.10. The summed E-state index contributed by atoms with van der Waals surface area (Å²) in [6.45, 7) is 0. The monoisotopic (exact) mass is 356 g/mol. The third kappa shape index (κ3) is 3.32. The van der Waals surface area contributed by atoms with E-state index in [-0.39, 0.29) is 10.6 Å². The second-order valence-electron chi connectivity index (χ2n) is 4.97. The largest absolute Gasteiger partial charge is 0.545 e. The summed E-state index contributed by atoms with van der Waals surface area (Å²) in [7, 11) is 0. The maximum atomic E-state index is 12.3. The predicted octanol–water partition coefficient (Wildman–Crippen LogP) is 3.68. The summed E-state index contributed by atoms with van der Waals surface area (Å²) < 4.78 is 0. The molecule has 6 heteroatoms. The van der Waals surface area contributed by atoms with Gasteiger partial charge in [0.25, 0.3) is 5.91 Å². The minimum Gasteiger partial charge on any atom is -0.545 e. The van der Waals surface area contributed by atoms with Gasteiger partial charge in [-0.15, -0.1) is 11.3 Å². The molecule has 0 fully saturated rings. The van der Waals surface area contributed by atoms with Crippen LogP contribution in [-0.2, 0) is 0 Å². The number of carbonyl (C=O) groups excluding carboxylic acids is 2. The van der Waals surface area contributed by atoms with Crippen LogP contribution in [0.1, 0.15) is 20.7 Å². The van der Waals surface area contributed by atoms with E-state index in [0.717, 1.165) is 16.9 Å². The minimum atomic E-state index is -1.33. The molecule has 0 aliphatic carbocycles. The van der Waals surface area contributed by atoms with E-state index in [2.05, 4.69) is 5.32 Å². The summed E-state index contributed by atoms with van der Waals surface area (Å²) in [5.74, 6) is -1.74. The van der Waals surface area contributed by atoms with Crippen LogP contribution in [0.5, 0.6) is 0 Å². The lowest BCUT2D eigenvalue weighted by molar-refractivity contribution is -0.254. The summed E-state index contributed by atoms with van der Waals surface area (Å²) in [5.41, 5.74) is 1.64. The van der Waals surface area contributed by atoms with Crippen LogP contribution in [0.25, 0.3) is 11.1 Å². The number of carboxylic acids is 1. The van der Waals surface area contributed by atoms with Crippen molar-refractivity contribution in [1.82, 2.24) is 0 Å². The molecule has 1 amide bonds. The molecule has 0 bridgehead atoms. The smallest absolute Gasteiger partial charge is 0.256 e. The third-order valence-corrected chi connectivity index (χ3v) is 4.56. The molecule has 0 aliphatic heterocycles. The highest BCUT2D eigenvalue weighted by Gasteiger charge is 2.17. The number of aromatic carboxylic acids is 1. The molecule has 3 aromatic rings. The van der Waals surface area contributed by atoms with Crippen molar-refractivity contribution < 1.29 is 14.7 Å². The summed E-state index contributed by atoms with van der Waals surface area (Å²) in [4.78, 5) is 23.9. The Bertz CT molecular complexity index is 888. The first-order valence-corrected chi connectivity index (χ1v) is 8.27. The number of benzene rings is 2. The van der Waals surface area contributed by atoms with Crippen molar-refractivity contribution in [3.05, 3.63) is 76.1 Å². The van der Waals surface area contributed by atoms with Gasteiger partial charge in [-0.05, 0) is 29.8 Å². The Balaban J connectivity index is 1.94. The van der Waals surface area contributed by atoms with Crippen LogP contribution in [0.15, 0.2) is 60.0 Å². The summed E-state index contributed by atoms with van der Waals surface area (Å²) in [6, 6.07) is 15.4. The Morgan fingerprint density at radius 2 is 1.67 bits per heavy atom. The summed E-state index contributed by atoms with van der Waals surface area (Å²) >= 11 is 6.95. The molecule has 1 heterocycles. The number of thiophene rings is 1. The molecule has 0 spiro atoms. The first kappa shape index (κ1) is 16.2. The second-order valence-corrected chi connectivity index (χ2v) is 6.28. The normalized spacial score (nSPS) is 10.4. The molecule has 0 aliphatic rings. The molecule has 0 atom stereocenters. The average molecular weight is 357 g/mol. The second kappa shape index (κ2) is 6.86. The van der Waals surface area contributed by atoms with E-state index in [1.165, 1.54) is 0 Å². The number of hydrogen-bond donors (Lipinski definition) is 1. The van der Waals surface area contributed by atoms with Gasteiger partial charge in [-0.1, -0.05) is 41.9 Å². The van der Waals surface area contributed by atoms with E-state index in [1.807, 2.05) is 18.2 Å². The zero-order valence-corrected chi connectivity index (χ0v) is 13.9. The van der Waals surface area contributed by atoms with Crippen LogP contribution >= 0.6 is 22.9 Å². The van der Waals surface area contributed by atoms with Gasteiger partial charge < -0.3 is 15.2 Å². The first-order chi connectivity index (χ1) is 11.6. The Kier molecular flexibility index (Phi) is 4.64. The van der Waals surface area contributed by atoms with Crippen molar-refractivity contribution in [2.45, 2.75) is 0 Å². The molecule has 1 aromatic heterocycles. The molecule has 2 aromatic carbocycles. The molecule has 24 heavy (non-hydrogen) atoms. The van der Waals surface area contributed by atoms with Crippen LogP contribution in [0.4, 0.5) is 5.00 Å². The van der Waals surface area contributed by atoms with E-state index in [1.54, 1.807) is 41.8 Å². The van der Waals surface area contributed by atoms with Crippen molar-refractivity contribution in [2.75, 3.05) is 5.32 Å². The number of halogens is 1. The number of hydrogen-bond acceptors (Lipinski definition) is 4. The van der Waals surface area contributed by atoms with Crippen molar-refractivity contribution >= 4 is 39.8 Å². The van der Waals surface area contributed by atoms with Crippen molar-refractivity contribution in [1.29, 1.82) is 0 Å². The van der Waals surface area contributed by atoms with E-state index in [0.29, 0.717) is 16.1 Å². The number of nitrogens with one attached hydrogen (secondary N) is 1. The van der Waals surface area contributed by atoms with E-state index in [4.69, 9.17) is 11.6 Å². The predicted molar refractivity (Wildman–Crippen MR) is 93.5 cm³/mol. The van der Waals surface area contributed by atoms with Gasteiger partial charge >= 0.3 is 0 Å². The molecule has 1 N–H and O–H groups in total. The molecule has 4 nitrogen and oxygen atoms in total. The van der Waals surface area contributed by atoms with Gasteiger partial charge in [0.1, 0.15) is 5.00 Å². The SMILES string of the molecule is O=C(Nc1scc(-c2ccccc2)c1C(=O)[O-])c1ccc(Cl)cc1. The van der Waals surface area contributed by atoms with Gasteiger partial charge in [0.2, 0.25) is 0 Å². The third-order valence-electron chi connectivity index (χ3n) is 3.41. The molecule has 0 radical (unpaired) electrons. The highest BCUT2D eigenvalue weighted by molar-refractivity contribution is 7.15. The van der Waals surface area contributed by atoms with Gasteiger partial charge in [-0.25, -0.2) is 0 Å². The molecule has 0 saturated carbocycles. The Labute approximate surface area is 147 Å². The molecule has 120 valence electrons.